The van der Waals surface area contributed by atoms with Crippen molar-refractivity contribution in [3.05, 3.63) is 36.0 Å². The number of nitrogens with zero attached hydrogens (tertiary/aromatic N) is 2. The van der Waals surface area contributed by atoms with E-state index in [1.54, 1.807) is 6.26 Å². The molecule has 0 spiro atoms. The summed E-state index contributed by atoms with van der Waals surface area (Å²) < 4.78 is 10.7. The van der Waals surface area contributed by atoms with Crippen LogP contribution in [0.3, 0.4) is 0 Å². The van der Waals surface area contributed by atoms with Crippen molar-refractivity contribution < 1.29 is 9.15 Å². The standard InChI is InChI=1S/C15H22N4O2/c1-4-20-10-15-18-13(16-3)9-14(19-15)17-11(2)8-12-6-5-7-21-12/h5-7,9,11H,4,8,10H2,1-3H3,(H2,16,17,18,19). The summed E-state index contributed by atoms with van der Waals surface area (Å²) in [4.78, 5) is 8.84. The van der Waals surface area contributed by atoms with Gasteiger partial charge in [-0.05, 0) is 26.0 Å². The first-order chi connectivity index (χ1) is 10.2. The molecule has 6 nitrogen and oxygen atoms in total. The molecule has 21 heavy (non-hydrogen) atoms. The van der Waals surface area contributed by atoms with Gasteiger partial charge >= 0.3 is 0 Å². The molecule has 0 fully saturated rings. The number of anilines is 2. The second kappa shape index (κ2) is 7.64. The first-order valence-electron chi connectivity index (χ1n) is 7.13. The van der Waals surface area contributed by atoms with Crippen molar-refractivity contribution in [3.8, 4) is 0 Å². The monoisotopic (exact) mass is 290 g/mol. The predicted octanol–water partition coefficient (Wildman–Crippen LogP) is 2.69. The van der Waals surface area contributed by atoms with Crippen LogP contribution in [-0.2, 0) is 17.8 Å². The highest BCUT2D eigenvalue weighted by Crippen LogP contribution is 2.14. The molecule has 0 saturated carbocycles. The van der Waals surface area contributed by atoms with Crippen LogP contribution in [0.1, 0.15) is 25.4 Å². The highest BCUT2D eigenvalue weighted by Gasteiger charge is 2.09. The van der Waals surface area contributed by atoms with Gasteiger partial charge in [-0.3, -0.25) is 0 Å². The Kier molecular flexibility index (Phi) is 5.57. The molecule has 0 aliphatic carbocycles. The Bertz CT molecular complexity index is 543. The van der Waals surface area contributed by atoms with Crippen molar-refractivity contribution in [1.29, 1.82) is 0 Å². The van der Waals surface area contributed by atoms with Crippen LogP contribution >= 0.6 is 0 Å². The number of aromatic nitrogens is 2. The molecule has 0 radical (unpaired) electrons. The average Bonchev–Trinajstić information content (AvgIpc) is 2.97. The summed E-state index contributed by atoms with van der Waals surface area (Å²) in [6.45, 7) is 5.09. The largest absolute Gasteiger partial charge is 0.469 e. The van der Waals surface area contributed by atoms with Gasteiger partial charge in [0, 0.05) is 32.2 Å². The number of hydrogen-bond donors (Lipinski definition) is 2. The zero-order valence-corrected chi connectivity index (χ0v) is 12.7. The number of ether oxygens (including phenoxy) is 1. The van der Waals surface area contributed by atoms with Gasteiger partial charge in [0.05, 0.1) is 6.26 Å². The summed E-state index contributed by atoms with van der Waals surface area (Å²) in [7, 11) is 1.84. The van der Waals surface area contributed by atoms with Crippen LogP contribution in [0.5, 0.6) is 0 Å². The second-order valence-corrected chi connectivity index (χ2v) is 4.77. The molecular formula is C15H22N4O2. The number of hydrogen-bond acceptors (Lipinski definition) is 6. The first kappa shape index (κ1) is 15.3. The Morgan fingerprint density at radius 2 is 2.14 bits per heavy atom. The fraction of sp³-hybridized carbons (Fsp3) is 0.467. The third-order valence-electron chi connectivity index (χ3n) is 2.95. The lowest BCUT2D eigenvalue weighted by atomic mass is 10.2. The zero-order valence-electron chi connectivity index (χ0n) is 12.7. The Morgan fingerprint density at radius 3 is 2.81 bits per heavy atom. The van der Waals surface area contributed by atoms with E-state index >= 15 is 0 Å². The van der Waals surface area contributed by atoms with E-state index in [0.717, 1.165) is 23.8 Å². The van der Waals surface area contributed by atoms with Crippen LogP contribution < -0.4 is 10.6 Å². The SMILES string of the molecule is CCOCc1nc(NC)cc(NC(C)Cc2ccco2)n1. The molecule has 2 heterocycles. The third kappa shape index (κ3) is 4.75. The summed E-state index contributed by atoms with van der Waals surface area (Å²) in [6, 6.07) is 5.95. The summed E-state index contributed by atoms with van der Waals surface area (Å²) in [5.74, 6) is 3.17. The van der Waals surface area contributed by atoms with Crippen LogP contribution in [0.4, 0.5) is 11.6 Å². The maximum Gasteiger partial charge on any atom is 0.158 e. The topological polar surface area (TPSA) is 72.2 Å². The quantitative estimate of drug-likeness (QED) is 0.779. The van der Waals surface area contributed by atoms with E-state index in [9.17, 15) is 0 Å². The van der Waals surface area contributed by atoms with E-state index in [-0.39, 0.29) is 6.04 Å². The minimum absolute atomic E-state index is 0.204. The van der Waals surface area contributed by atoms with Gasteiger partial charge in [-0.25, -0.2) is 9.97 Å². The molecule has 0 aromatic carbocycles. The highest BCUT2D eigenvalue weighted by atomic mass is 16.5. The molecule has 0 aliphatic rings. The van der Waals surface area contributed by atoms with Crippen LogP contribution in [0.15, 0.2) is 28.9 Å². The minimum atomic E-state index is 0.204. The van der Waals surface area contributed by atoms with Gasteiger partial charge in [-0.2, -0.15) is 0 Å². The zero-order chi connectivity index (χ0) is 15.1. The molecule has 0 saturated heterocycles. The highest BCUT2D eigenvalue weighted by molar-refractivity contribution is 5.47. The Balaban J connectivity index is 2.03. The van der Waals surface area contributed by atoms with Crippen molar-refractivity contribution >= 4 is 11.6 Å². The van der Waals surface area contributed by atoms with Gasteiger partial charge in [0.25, 0.3) is 0 Å². The summed E-state index contributed by atoms with van der Waals surface area (Å²) >= 11 is 0. The Hall–Kier alpha value is -2.08. The predicted molar refractivity (Wildman–Crippen MR) is 82.4 cm³/mol. The molecule has 2 aromatic heterocycles. The van der Waals surface area contributed by atoms with Crippen molar-refractivity contribution in [1.82, 2.24) is 9.97 Å². The average molecular weight is 290 g/mol. The van der Waals surface area contributed by atoms with E-state index in [1.165, 1.54) is 0 Å². The number of furan rings is 1. The van der Waals surface area contributed by atoms with Crippen LogP contribution in [0.2, 0.25) is 0 Å². The minimum Gasteiger partial charge on any atom is -0.469 e. The van der Waals surface area contributed by atoms with Crippen molar-refractivity contribution in [2.45, 2.75) is 32.9 Å². The third-order valence-corrected chi connectivity index (χ3v) is 2.95. The summed E-state index contributed by atoms with van der Waals surface area (Å²) in [5.41, 5.74) is 0. The van der Waals surface area contributed by atoms with Gasteiger partial charge in [-0.1, -0.05) is 0 Å². The summed E-state index contributed by atoms with van der Waals surface area (Å²) in [5, 5.41) is 6.40. The van der Waals surface area contributed by atoms with E-state index in [1.807, 2.05) is 32.2 Å². The van der Waals surface area contributed by atoms with E-state index in [0.29, 0.717) is 19.0 Å². The second-order valence-electron chi connectivity index (χ2n) is 4.77. The van der Waals surface area contributed by atoms with Crippen molar-refractivity contribution in [2.24, 2.45) is 0 Å². The van der Waals surface area contributed by atoms with Gasteiger partial charge in [0.1, 0.15) is 24.0 Å². The molecule has 1 unspecified atom stereocenters. The van der Waals surface area contributed by atoms with Gasteiger partial charge in [0.15, 0.2) is 5.82 Å². The Morgan fingerprint density at radius 1 is 1.33 bits per heavy atom. The van der Waals surface area contributed by atoms with Gasteiger partial charge in [-0.15, -0.1) is 0 Å². The molecule has 114 valence electrons. The Labute approximate surface area is 124 Å². The van der Waals surface area contributed by atoms with E-state index in [4.69, 9.17) is 9.15 Å². The van der Waals surface area contributed by atoms with Gasteiger partial charge in [0.2, 0.25) is 0 Å². The van der Waals surface area contributed by atoms with Crippen LogP contribution in [0.25, 0.3) is 0 Å². The van der Waals surface area contributed by atoms with Crippen LogP contribution in [0, 0.1) is 0 Å². The summed E-state index contributed by atoms with van der Waals surface area (Å²) in [6.07, 6.45) is 2.48. The maximum atomic E-state index is 5.37. The lowest BCUT2D eigenvalue weighted by molar-refractivity contribution is 0.128. The molecule has 2 aromatic rings. The molecule has 2 rings (SSSR count). The fourth-order valence-corrected chi connectivity index (χ4v) is 1.99. The lowest BCUT2D eigenvalue weighted by Crippen LogP contribution is -2.19. The van der Waals surface area contributed by atoms with Crippen molar-refractivity contribution in [3.63, 3.8) is 0 Å². The first-order valence-corrected chi connectivity index (χ1v) is 7.13. The molecule has 6 heteroatoms. The van der Waals surface area contributed by atoms with Crippen molar-refractivity contribution in [2.75, 3.05) is 24.3 Å². The normalized spacial score (nSPS) is 12.1. The maximum absolute atomic E-state index is 5.37. The number of nitrogens with one attached hydrogen (secondary N) is 2. The van der Waals surface area contributed by atoms with Crippen LogP contribution in [-0.4, -0.2) is 29.7 Å². The van der Waals surface area contributed by atoms with Gasteiger partial charge < -0.3 is 19.8 Å². The molecule has 0 aliphatic heterocycles. The van der Waals surface area contributed by atoms with E-state index < -0.39 is 0 Å². The van der Waals surface area contributed by atoms with E-state index in [2.05, 4.69) is 27.5 Å². The molecular weight excluding hydrogens is 268 g/mol. The molecule has 0 bridgehead atoms. The molecule has 1 atom stereocenters. The number of rotatable bonds is 8. The smallest absolute Gasteiger partial charge is 0.158 e. The fourth-order valence-electron chi connectivity index (χ4n) is 1.99. The molecule has 2 N–H and O–H groups in total. The molecule has 0 amide bonds. The lowest BCUT2D eigenvalue weighted by Gasteiger charge is -2.15.